The van der Waals surface area contributed by atoms with Crippen molar-refractivity contribution in [1.29, 1.82) is 5.26 Å². The van der Waals surface area contributed by atoms with Crippen molar-refractivity contribution in [1.82, 2.24) is 5.32 Å². The van der Waals surface area contributed by atoms with Gasteiger partial charge in [-0.3, -0.25) is 4.79 Å². The fraction of sp³-hybridized carbons (Fsp3) is 0.222. The van der Waals surface area contributed by atoms with Gasteiger partial charge in [0.15, 0.2) is 0 Å². The Morgan fingerprint density at radius 3 is 2.48 bits per heavy atom. The number of amides is 1. The molecule has 0 saturated carbocycles. The van der Waals surface area contributed by atoms with E-state index < -0.39 is 5.60 Å². The molecular formula is C18H17FN2O2. The maximum atomic E-state index is 14.0. The van der Waals surface area contributed by atoms with Crippen LogP contribution in [0.4, 0.5) is 4.39 Å². The Morgan fingerprint density at radius 2 is 1.91 bits per heavy atom. The predicted octanol–water partition coefficient (Wildman–Crippen LogP) is 2.99. The molecule has 2 aromatic carbocycles. The number of ether oxygens (including phenoxy) is 1. The summed E-state index contributed by atoms with van der Waals surface area (Å²) in [6, 6.07) is 14.6. The molecule has 118 valence electrons. The van der Waals surface area contributed by atoms with Gasteiger partial charge >= 0.3 is 0 Å². The molecule has 4 nitrogen and oxygen atoms in total. The second-order valence-electron chi connectivity index (χ2n) is 5.29. The molecule has 1 atom stereocenters. The van der Waals surface area contributed by atoms with E-state index in [0.29, 0.717) is 16.7 Å². The SMILES string of the molecule is COC(C)(CNC(=O)c1ccc(C#N)cc1)c1ccccc1F. The zero-order valence-electron chi connectivity index (χ0n) is 13.0. The Balaban J connectivity index is 2.12. The van der Waals surface area contributed by atoms with Gasteiger partial charge in [0.2, 0.25) is 0 Å². The van der Waals surface area contributed by atoms with Crippen molar-refractivity contribution < 1.29 is 13.9 Å². The van der Waals surface area contributed by atoms with E-state index in [0.717, 1.165) is 0 Å². The maximum Gasteiger partial charge on any atom is 0.251 e. The number of hydrogen-bond acceptors (Lipinski definition) is 3. The number of rotatable bonds is 5. The largest absolute Gasteiger partial charge is 0.372 e. The van der Waals surface area contributed by atoms with Gasteiger partial charge < -0.3 is 10.1 Å². The number of nitrogens with zero attached hydrogens (tertiary/aromatic N) is 1. The molecule has 2 aromatic rings. The highest BCUT2D eigenvalue weighted by Gasteiger charge is 2.29. The number of nitriles is 1. The molecule has 2 rings (SSSR count). The highest BCUT2D eigenvalue weighted by atomic mass is 19.1. The van der Waals surface area contributed by atoms with Gasteiger partial charge in [-0.2, -0.15) is 5.26 Å². The van der Waals surface area contributed by atoms with Gasteiger partial charge in [0.25, 0.3) is 5.91 Å². The van der Waals surface area contributed by atoms with Gasteiger partial charge in [0, 0.05) is 18.2 Å². The standard InChI is InChI=1S/C18H17FN2O2/c1-18(23-2,15-5-3-4-6-16(15)19)12-21-17(22)14-9-7-13(11-20)8-10-14/h3-10H,12H2,1-2H3,(H,21,22). The number of halogens is 1. The number of carbonyl (C=O) groups excluding carboxylic acids is 1. The molecule has 0 saturated heterocycles. The molecule has 0 fully saturated rings. The van der Waals surface area contributed by atoms with Gasteiger partial charge in [0.1, 0.15) is 11.4 Å². The van der Waals surface area contributed by atoms with E-state index in [1.54, 1.807) is 49.4 Å². The quantitative estimate of drug-likeness (QED) is 0.923. The zero-order valence-corrected chi connectivity index (χ0v) is 13.0. The van der Waals surface area contributed by atoms with E-state index in [9.17, 15) is 9.18 Å². The minimum absolute atomic E-state index is 0.114. The highest BCUT2D eigenvalue weighted by Crippen LogP contribution is 2.26. The molecule has 0 aromatic heterocycles. The number of carbonyl (C=O) groups is 1. The number of hydrogen-bond donors (Lipinski definition) is 1. The lowest BCUT2D eigenvalue weighted by Gasteiger charge is -2.29. The highest BCUT2D eigenvalue weighted by molar-refractivity contribution is 5.94. The molecule has 1 amide bonds. The first-order chi connectivity index (χ1) is 11.0. The third kappa shape index (κ3) is 3.74. The zero-order chi connectivity index (χ0) is 16.9. The smallest absolute Gasteiger partial charge is 0.251 e. The van der Waals surface area contributed by atoms with Gasteiger partial charge in [-0.05, 0) is 37.3 Å². The third-order valence-electron chi connectivity index (χ3n) is 3.76. The summed E-state index contributed by atoms with van der Waals surface area (Å²) in [5.74, 6) is -0.696. The number of methoxy groups -OCH3 is 1. The second kappa shape index (κ2) is 7.03. The first-order valence-electron chi connectivity index (χ1n) is 7.08. The summed E-state index contributed by atoms with van der Waals surface area (Å²) in [5, 5.41) is 11.5. The Kier molecular flexibility index (Phi) is 5.09. The van der Waals surface area contributed by atoms with Crippen LogP contribution in [0.15, 0.2) is 48.5 Å². The Morgan fingerprint density at radius 1 is 1.26 bits per heavy atom. The average molecular weight is 312 g/mol. The average Bonchev–Trinajstić information content (AvgIpc) is 2.60. The molecule has 0 aliphatic carbocycles. The topological polar surface area (TPSA) is 62.1 Å². The second-order valence-corrected chi connectivity index (χ2v) is 5.29. The molecule has 0 aliphatic rings. The first-order valence-corrected chi connectivity index (χ1v) is 7.08. The van der Waals surface area contributed by atoms with E-state index in [2.05, 4.69) is 5.32 Å². The van der Waals surface area contributed by atoms with E-state index >= 15 is 0 Å². The lowest BCUT2D eigenvalue weighted by Crippen LogP contribution is -2.40. The van der Waals surface area contributed by atoms with Crippen molar-refractivity contribution in [3.05, 3.63) is 71.0 Å². The lowest BCUT2D eigenvalue weighted by atomic mass is 9.95. The van der Waals surface area contributed by atoms with E-state index in [4.69, 9.17) is 10.00 Å². The number of nitrogens with one attached hydrogen (secondary N) is 1. The van der Waals surface area contributed by atoms with Crippen LogP contribution in [-0.2, 0) is 10.3 Å². The molecule has 5 heteroatoms. The van der Waals surface area contributed by atoms with Crippen LogP contribution in [0, 0.1) is 17.1 Å². The summed E-state index contributed by atoms with van der Waals surface area (Å²) >= 11 is 0. The summed E-state index contributed by atoms with van der Waals surface area (Å²) in [7, 11) is 1.47. The normalized spacial score (nSPS) is 13.0. The molecule has 1 unspecified atom stereocenters. The van der Waals surface area contributed by atoms with Gasteiger partial charge in [0.05, 0.1) is 18.2 Å². The molecule has 0 bridgehead atoms. The van der Waals surface area contributed by atoms with Crippen LogP contribution in [0.5, 0.6) is 0 Å². The van der Waals surface area contributed by atoms with Gasteiger partial charge in [-0.1, -0.05) is 18.2 Å². The predicted molar refractivity (Wildman–Crippen MR) is 84.3 cm³/mol. The Hall–Kier alpha value is -2.71. The maximum absolute atomic E-state index is 14.0. The van der Waals surface area contributed by atoms with Gasteiger partial charge in [-0.15, -0.1) is 0 Å². The van der Waals surface area contributed by atoms with Crippen molar-refractivity contribution in [3.8, 4) is 6.07 Å². The minimum Gasteiger partial charge on any atom is -0.372 e. The van der Waals surface area contributed by atoms with Crippen LogP contribution < -0.4 is 5.32 Å². The molecule has 0 radical (unpaired) electrons. The third-order valence-corrected chi connectivity index (χ3v) is 3.76. The molecule has 0 heterocycles. The summed E-state index contributed by atoms with van der Waals surface area (Å²) in [6.45, 7) is 1.83. The van der Waals surface area contributed by atoms with E-state index in [1.807, 2.05) is 6.07 Å². The van der Waals surface area contributed by atoms with Crippen molar-refractivity contribution in [2.24, 2.45) is 0 Å². The van der Waals surface area contributed by atoms with Crippen LogP contribution in [0.2, 0.25) is 0 Å². The van der Waals surface area contributed by atoms with Crippen molar-refractivity contribution in [2.45, 2.75) is 12.5 Å². The van der Waals surface area contributed by atoms with Crippen LogP contribution in [0.3, 0.4) is 0 Å². The summed E-state index contributed by atoms with van der Waals surface area (Å²) in [6.07, 6.45) is 0. The molecule has 23 heavy (non-hydrogen) atoms. The van der Waals surface area contributed by atoms with E-state index in [1.165, 1.54) is 13.2 Å². The number of benzene rings is 2. The lowest BCUT2D eigenvalue weighted by molar-refractivity contribution is 0.000389. The fourth-order valence-electron chi connectivity index (χ4n) is 2.21. The van der Waals surface area contributed by atoms with Gasteiger partial charge in [-0.25, -0.2) is 4.39 Å². The molecule has 0 spiro atoms. The van der Waals surface area contributed by atoms with E-state index in [-0.39, 0.29) is 18.3 Å². The van der Waals surface area contributed by atoms with Crippen LogP contribution in [-0.4, -0.2) is 19.6 Å². The molecular weight excluding hydrogens is 295 g/mol. The van der Waals surface area contributed by atoms with Crippen molar-refractivity contribution in [3.63, 3.8) is 0 Å². The summed E-state index contributed by atoms with van der Waals surface area (Å²) in [4.78, 5) is 12.2. The summed E-state index contributed by atoms with van der Waals surface area (Å²) in [5.41, 5.74) is 0.307. The molecule has 1 N–H and O–H groups in total. The Labute approximate surface area is 134 Å². The van der Waals surface area contributed by atoms with Crippen LogP contribution in [0.1, 0.15) is 28.4 Å². The van der Waals surface area contributed by atoms with Crippen LogP contribution in [0.25, 0.3) is 0 Å². The fourth-order valence-corrected chi connectivity index (χ4v) is 2.21. The monoisotopic (exact) mass is 312 g/mol. The van der Waals surface area contributed by atoms with Crippen molar-refractivity contribution in [2.75, 3.05) is 13.7 Å². The summed E-state index contributed by atoms with van der Waals surface area (Å²) < 4.78 is 19.4. The minimum atomic E-state index is -0.979. The van der Waals surface area contributed by atoms with Crippen molar-refractivity contribution >= 4 is 5.91 Å². The van der Waals surface area contributed by atoms with Crippen LogP contribution >= 0.6 is 0 Å². The Bertz CT molecular complexity index is 737. The molecule has 0 aliphatic heterocycles. The first kappa shape index (κ1) is 16.7.